The first kappa shape index (κ1) is 29.9. The number of ether oxygens (including phenoxy) is 1. The molecule has 2 aromatic rings. The SMILES string of the molecule is COC(=O)[C@@H]1OB([C@@H](CC(=O)[C@@H](NC(=O)c2cccc(-c3ccccc3)n2)[C@@H](C)O)CC(C)C)OC(=O)[C@H]1O. The highest BCUT2D eigenvalue weighted by molar-refractivity contribution is 6.50. The number of aliphatic hydroxyl groups excluding tert-OH is 2. The Morgan fingerprint density at radius 3 is 2.41 bits per heavy atom. The number of aliphatic hydroxyl groups is 2. The summed E-state index contributed by atoms with van der Waals surface area (Å²) in [4.78, 5) is 55.1. The van der Waals surface area contributed by atoms with E-state index in [1.807, 2.05) is 44.2 Å². The summed E-state index contributed by atoms with van der Waals surface area (Å²) < 4.78 is 15.4. The third kappa shape index (κ3) is 7.72. The van der Waals surface area contributed by atoms with Crippen molar-refractivity contribution in [2.75, 3.05) is 7.11 Å². The number of Topliss-reactive ketones (excluding diaryl/α,β-unsaturated/α-hetero) is 1. The Morgan fingerprint density at radius 1 is 1.10 bits per heavy atom. The van der Waals surface area contributed by atoms with Crippen LogP contribution in [-0.2, 0) is 28.4 Å². The highest BCUT2D eigenvalue weighted by atomic mass is 16.7. The largest absolute Gasteiger partial charge is 0.531 e. The molecule has 0 bridgehead atoms. The van der Waals surface area contributed by atoms with Crippen molar-refractivity contribution in [3.8, 4) is 11.3 Å². The van der Waals surface area contributed by atoms with Crippen molar-refractivity contribution in [2.45, 2.75) is 63.8 Å². The number of benzene rings is 1. The summed E-state index contributed by atoms with van der Waals surface area (Å²) in [5.41, 5.74) is 1.44. The molecule has 208 valence electrons. The molecule has 0 unspecified atom stereocenters. The van der Waals surface area contributed by atoms with Gasteiger partial charge in [-0.2, -0.15) is 0 Å². The van der Waals surface area contributed by atoms with E-state index in [2.05, 4.69) is 15.0 Å². The average molecular weight is 540 g/mol. The molecule has 1 aromatic carbocycles. The van der Waals surface area contributed by atoms with Crippen LogP contribution in [0, 0.1) is 5.92 Å². The van der Waals surface area contributed by atoms with E-state index in [0.29, 0.717) is 12.1 Å². The molecule has 3 N–H and O–H groups in total. The quantitative estimate of drug-likeness (QED) is 0.282. The smallest absolute Gasteiger partial charge is 0.507 e. The van der Waals surface area contributed by atoms with Gasteiger partial charge in [0.25, 0.3) is 5.91 Å². The van der Waals surface area contributed by atoms with E-state index in [1.165, 1.54) is 13.0 Å². The fraction of sp³-hybridized carbons (Fsp3) is 0.444. The second kappa shape index (κ2) is 13.5. The first-order chi connectivity index (χ1) is 18.5. The molecule has 0 radical (unpaired) electrons. The van der Waals surface area contributed by atoms with Crippen LogP contribution < -0.4 is 5.32 Å². The van der Waals surface area contributed by atoms with Crippen LogP contribution >= 0.6 is 0 Å². The number of amides is 1. The van der Waals surface area contributed by atoms with Crippen LogP contribution in [0.1, 0.15) is 44.1 Å². The van der Waals surface area contributed by atoms with Crippen LogP contribution in [0.15, 0.2) is 48.5 Å². The number of nitrogens with one attached hydrogen (secondary N) is 1. The zero-order valence-corrected chi connectivity index (χ0v) is 22.3. The minimum absolute atomic E-state index is 0.0260. The van der Waals surface area contributed by atoms with Gasteiger partial charge in [0.15, 0.2) is 18.0 Å². The van der Waals surface area contributed by atoms with Crippen LogP contribution in [0.2, 0.25) is 5.82 Å². The second-order valence-electron chi connectivity index (χ2n) is 9.86. The molecule has 11 nitrogen and oxygen atoms in total. The van der Waals surface area contributed by atoms with Crippen molar-refractivity contribution in [2.24, 2.45) is 5.92 Å². The summed E-state index contributed by atoms with van der Waals surface area (Å²) in [6.07, 6.45) is -4.64. The number of carbonyl (C=O) groups is 4. The molecular weight excluding hydrogens is 507 g/mol. The van der Waals surface area contributed by atoms with Crippen LogP contribution in [0.4, 0.5) is 0 Å². The van der Waals surface area contributed by atoms with Gasteiger partial charge in [-0.3, -0.25) is 14.4 Å². The summed E-state index contributed by atoms with van der Waals surface area (Å²) in [7, 11) is -0.242. The second-order valence-corrected chi connectivity index (χ2v) is 9.86. The number of hydrogen-bond donors (Lipinski definition) is 3. The predicted octanol–water partition coefficient (Wildman–Crippen LogP) is 1.57. The van der Waals surface area contributed by atoms with E-state index in [1.54, 1.807) is 12.1 Å². The third-order valence-electron chi connectivity index (χ3n) is 6.26. The monoisotopic (exact) mass is 540 g/mol. The standard InChI is InChI=1S/C27H33BN2O9/c1-15(2)13-18(28-38-24(27(36)37-4)23(33)26(35)39-28)14-21(32)22(16(3)31)30-25(34)20-12-8-11-19(29-20)17-9-6-5-7-10-17/h5-12,15-16,18,22-24,31,33H,13-14H2,1-4H3,(H,30,34)/t16-,18-,22+,23+,24-/m1/s1. The normalized spacial score (nSPS) is 19.6. The van der Waals surface area contributed by atoms with Crippen LogP contribution in [0.25, 0.3) is 11.3 Å². The fourth-order valence-electron chi connectivity index (χ4n) is 4.36. The van der Waals surface area contributed by atoms with Gasteiger partial charge in [-0.05, 0) is 31.4 Å². The van der Waals surface area contributed by atoms with Crippen LogP contribution in [-0.4, -0.2) is 77.4 Å². The number of hydrogen-bond acceptors (Lipinski definition) is 10. The van der Waals surface area contributed by atoms with E-state index in [0.717, 1.165) is 12.7 Å². The van der Waals surface area contributed by atoms with Crippen molar-refractivity contribution in [3.05, 3.63) is 54.2 Å². The minimum atomic E-state index is -1.87. The number of pyridine rings is 1. The Kier molecular flexibility index (Phi) is 10.3. The molecule has 2 heterocycles. The van der Waals surface area contributed by atoms with Crippen LogP contribution in [0.5, 0.6) is 0 Å². The maximum Gasteiger partial charge on any atom is 0.531 e. The van der Waals surface area contributed by atoms with Crippen molar-refractivity contribution >= 4 is 30.7 Å². The lowest BCUT2D eigenvalue weighted by Gasteiger charge is -2.33. The molecule has 12 heteroatoms. The van der Waals surface area contributed by atoms with E-state index < -0.39 is 60.9 Å². The zero-order chi connectivity index (χ0) is 28.7. The van der Waals surface area contributed by atoms with Gasteiger partial charge in [0.1, 0.15) is 11.7 Å². The third-order valence-corrected chi connectivity index (χ3v) is 6.26. The number of nitrogens with zero attached hydrogens (tertiary/aromatic N) is 1. The molecule has 1 amide bonds. The van der Waals surface area contributed by atoms with Gasteiger partial charge in [-0.1, -0.05) is 50.2 Å². The summed E-state index contributed by atoms with van der Waals surface area (Å²) in [6, 6.07) is 12.9. The first-order valence-corrected chi connectivity index (χ1v) is 12.7. The van der Waals surface area contributed by atoms with Crippen molar-refractivity contribution in [1.29, 1.82) is 0 Å². The Morgan fingerprint density at radius 2 is 1.79 bits per heavy atom. The van der Waals surface area contributed by atoms with Crippen molar-refractivity contribution in [1.82, 2.24) is 10.3 Å². The van der Waals surface area contributed by atoms with Gasteiger partial charge >= 0.3 is 19.1 Å². The van der Waals surface area contributed by atoms with Gasteiger partial charge in [-0.15, -0.1) is 0 Å². The highest BCUT2D eigenvalue weighted by Crippen LogP contribution is 2.31. The highest BCUT2D eigenvalue weighted by Gasteiger charge is 2.49. The summed E-state index contributed by atoms with van der Waals surface area (Å²) in [6.45, 7) is 5.14. The summed E-state index contributed by atoms with van der Waals surface area (Å²) >= 11 is 0. The van der Waals surface area contributed by atoms with E-state index in [4.69, 9.17) is 9.31 Å². The van der Waals surface area contributed by atoms with Crippen molar-refractivity contribution in [3.63, 3.8) is 0 Å². The lowest BCUT2D eigenvalue weighted by molar-refractivity contribution is -0.174. The lowest BCUT2D eigenvalue weighted by Crippen LogP contribution is -2.55. The molecule has 0 saturated carbocycles. The molecule has 39 heavy (non-hydrogen) atoms. The van der Waals surface area contributed by atoms with Gasteiger partial charge in [0, 0.05) is 17.8 Å². The Hall–Kier alpha value is -3.61. The van der Waals surface area contributed by atoms with E-state index in [9.17, 15) is 29.4 Å². The fourth-order valence-corrected chi connectivity index (χ4v) is 4.36. The minimum Gasteiger partial charge on any atom is -0.507 e. The zero-order valence-electron chi connectivity index (χ0n) is 22.3. The van der Waals surface area contributed by atoms with Crippen LogP contribution in [0.3, 0.4) is 0 Å². The van der Waals surface area contributed by atoms with Gasteiger partial charge in [-0.25, -0.2) is 9.78 Å². The molecule has 1 aliphatic heterocycles. The molecule has 1 aliphatic rings. The number of aromatic nitrogens is 1. The van der Waals surface area contributed by atoms with E-state index >= 15 is 0 Å². The number of ketones is 1. The number of rotatable bonds is 11. The summed E-state index contributed by atoms with van der Waals surface area (Å²) in [5.74, 6) is -3.94. The molecular formula is C27H33BN2O9. The van der Waals surface area contributed by atoms with Gasteiger partial charge in [0.2, 0.25) is 0 Å². The van der Waals surface area contributed by atoms with Gasteiger partial charge in [0.05, 0.1) is 18.9 Å². The maximum absolute atomic E-state index is 13.4. The predicted molar refractivity (Wildman–Crippen MR) is 140 cm³/mol. The topological polar surface area (TPSA) is 161 Å². The molecule has 0 aliphatic carbocycles. The van der Waals surface area contributed by atoms with Gasteiger partial charge < -0.3 is 29.6 Å². The Bertz CT molecular complexity index is 1170. The Labute approximate surface area is 227 Å². The summed E-state index contributed by atoms with van der Waals surface area (Å²) in [5, 5.41) is 22.9. The lowest BCUT2D eigenvalue weighted by atomic mass is 9.64. The number of methoxy groups -OCH3 is 1. The number of esters is 1. The molecule has 5 atom stereocenters. The van der Waals surface area contributed by atoms with E-state index in [-0.39, 0.29) is 18.0 Å². The first-order valence-electron chi connectivity index (χ1n) is 12.7. The molecule has 3 rings (SSSR count). The van der Waals surface area contributed by atoms with Crippen molar-refractivity contribution < 1.29 is 43.4 Å². The Balaban J connectivity index is 1.77. The maximum atomic E-state index is 13.4. The average Bonchev–Trinajstić information content (AvgIpc) is 2.92. The molecule has 0 spiro atoms. The molecule has 1 saturated heterocycles. The molecule has 1 fully saturated rings. The molecule has 1 aromatic heterocycles. The number of carbonyl (C=O) groups excluding carboxylic acids is 4.